The smallest absolute Gasteiger partial charge is 0.387 e. The molecule has 3 N–H and O–H groups in total. The highest BCUT2D eigenvalue weighted by molar-refractivity contribution is 5.36. The summed E-state index contributed by atoms with van der Waals surface area (Å²) in [5.41, 5.74) is 3.53. The van der Waals surface area contributed by atoms with E-state index in [2.05, 4.69) is 17.1 Å². The minimum Gasteiger partial charge on any atom is -0.434 e. The first-order valence-corrected chi connectivity index (χ1v) is 7.65. The number of rotatable bonds is 6. The molecule has 0 aliphatic heterocycles. The van der Waals surface area contributed by atoms with E-state index in [9.17, 15) is 8.78 Å². The fraction of sp³-hybridized carbons (Fsp3) is 0.625. The molecule has 0 saturated heterocycles. The van der Waals surface area contributed by atoms with Gasteiger partial charge in [0, 0.05) is 5.56 Å². The zero-order valence-electron chi connectivity index (χ0n) is 12.4. The lowest BCUT2D eigenvalue weighted by molar-refractivity contribution is -0.0509. The molecule has 1 aromatic rings. The molecule has 1 aromatic carbocycles. The van der Waals surface area contributed by atoms with Crippen molar-refractivity contribution in [1.29, 1.82) is 0 Å². The van der Waals surface area contributed by atoms with Gasteiger partial charge in [0.1, 0.15) is 5.75 Å². The van der Waals surface area contributed by atoms with Gasteiger partial charge in [-0.2, -0.15) is 8.78 Å². The molecule has 21 heavy (non-hydrogen) atoms. The van der Waals surface area contributed by atoms with Crippen molar-refractivity contribution in [2.75, 3.05) is 0 Å². The first kappa shape index (κ1) is 16.2. The van der Waals surface area contributed by atoms with Crippen LogP contribution in [0.5, 0.6) is 5.75 Å². The predicted molar refractivity (Wildman–Crippen MR) is 78.9 cm³/mol. The highest BCUT2D eigenvalue weighted by Gasteiger charge is 2.29. The molecule has 1 aliphatic rings. The third-order valence-electron chi connectivity index (χ3n) is 4.59. The highest BCUT2D eigenvalue weighted by atomic mass is 19.3. The summed E-state index contributed by atoms with van der Waals surface area (Å²) in [6.07, 6.45) is 5.69. The van der Waals surface area contributed by atoms with Crippen molar-refractivity contribution in [3.63, 3.8) is 0 Å². The molecule has 5 heteroatoms. The minimum atomic E-state index is -2.82. The molecule has 1 atom stereocenters. The van der Waals surface area contributed by atoms with Crippen LogP contribution in [0.15, 0.2) is 24.3 Å². The van der Waals surface area contributed by atoms with E-state index in [0.29, 0.717) is 5.92 Å². The molecular weight excluding hydrogens is 274 g/mol. The number of halogens is 2. The molecule has 0 aromatic heterocycles. The van der Waals surface area contributed by atoms with Gasteiger partial charge in [-0.05, 0) is 30.7 Å². The lowest BCUT2D eigenvalue weighted by Crippen LogP contribution is -2.35. The predicted octanol–water partition coefficient (Wildman–Crippen LogP) is 4.01. The fourth-order valence-electron chi connectivity index (χ4n) is 3.35. The summed E-state index contributed by atoms with van der Waals surface area (Å²) in [7, 11) is 0. The Labute approximate surface area is 124 Å². The number of hydrazine groups is 1. The van der Waals surface area contributed by atoms with Crippen LogP contribution in [0.2, 0.25) is 0 Å². The molecule has 0 heterocycles. The second-order valence-electron chi connectivity index (χ2n) is 5.75. The average Bonchev–Trinajstić information content (AvgIpc) is 2.50. The summed E-state index contributed by atoms with van der Waals surface area (Å²) in [6.45, 7) is -0.601. The quantitative estimate of drug-likeness (QED) is 0.616. The van der Waals surface area contributed by atoms with Crippen molar-refractivity contribution in [3.8, 4) is 5.75 Å². The number of hydrogen-bond donors (Lipinski definition) is 2. The molecule has 1 aliphatic carbocycles. The van der Waals surface area contributed by atoms with Gasteiger partial charge in [0.25, 0.3) is 0 Å². The molecule has 1 fully saturated rings. The van der Waals surface area contributed by atoms with Gasteiger partial charge in [-0.25, -0.2) is 0 Å². The Morgan fingerprint density at radius 1 is 1.24 bits per heavy atom. The van der Waals surface area contributed by atoms with Crippen LogP contribution in [0.4, 0.5) is 8.78 Å². The highest BCUT2D eigenvalue weighted by Crippen LogP contribution is 2.40. The number of para-hydroxylation sites is 1. The molecule has 0 radical (unpaired) electrons. The van der Waals surface area contributed by atoms with Crippen LogP contribution >= 0.6 is 0 Å². The van der Waals surface area contributed by atoms with Gasteiger partial charge in [0.05, 0.1) is 6.04 Å². The van der Waals surface area contributed by atoms with Crippen LogP contribution in [0.1, 0.15) is 50.6 Å². The molecule has 0 amide bonds. The van der Waals surface area contributed by atoms with E-state index in [1.807, 2.05) is 12.1 Å². The molecule has 118 valence electrons. The lowest BCUT2D eigenvalue weighted by Gasteiger charge is -2.34. The van der Waals surface area contributed by atoms with Crippen molar-refractivity contribution >= 4 is 0 Å². The third-order valence-corrected chi connectivity index (χ3v) is 4.59. The van der Waals surface area contributed by atoms with Gasteiger partial charge < -0.3 is 4.74 Å². The summed E-state index contributed by atoms with van der Waals surface area (Å²) < 4.78 is 29.7. The summed E-state index contributed by atoms with van der Waals surface area (Å²) in [5.74, 6) is 7.07. The fourth-order valence-corrected chi connectivity index (χ4v) is 3.35. The number of nitrogens with two attached hydrogens (primary N) is 1. The van der Waals surface area contributed by atoms with Gasteiger partial charge in [-0.1, -0.05) is 44.4 Å². The van der Waals surface area contributed by atoms with E-state index < -0.39 is 6.61 Å². The molecule has 0 bridgehead atoms. The Morgan fingerprint density at radius 3 is 2.48 bits per heavy atom. The zero-order valence-corrected chi connectivity index (χ0v) is 12.4. The first-order valence-electron chi connectivity index (χ1n) is 7.65. The Balaban J connectivity index is 2.14. The maximum Gasteiger partial charge on any atom is 0.387 e. The monoisotopic (exact) mass is 298 g/mol. The zero-order chi connectivity index (χ0) is 15.2. The maximum absolute atomic E-state index is 12.5. The van der Waals surface area contributed by atoms with E-state index in [0.717, 1.165) is 24.3 Å². The normalized spacial score (nSPS) is 24.0. The number of benzene rings is 1. The van der Waals surface area contributed by atoms with Gasteiger partial charge in [-0.3, -0.25) is 11.3 Å². The van der Waals surface area contributed by atoms with Crippen LogP contribution in [0.3, 0.4) is 0 Å². The molecule has 0 spiro atoms. The van der Waals surface area contributed by atoms with Crippen LogP contribution in [-0.2, 0) is 0 Å². The van der Waals surface area contributed by atoms with E-state index in [1.165, 1.54) is 19.3 Å². The third kappa shape index (κ3) is 4.14. The summed E-state index contributed by atoms with van der Waals surface area (Å²) in [5, 5.41) is 0. The molecule has 3 nitrogen and oxygen atoms in total. The van der Waals surface area contributed by atoms with Crippen molar-refractivity contribution in [2.24, 2.45) is 17.7 Å². The summed E-state index contributed by atoms with van der Waals surface area (Å²) in [4.78, 5) is 0. The number of nitrogens with one attached hydrogen (secondary N) is 1. The summed E-state index contributed by atoms with van der Waals surface area (Å²) >= 11 is 0. The van der Waals surface area contributed by atoms with Gasteiger partial charge in [0.2, 0.25) is 0 Å². The number of alkyl halides is 2. The van der Waals surface area contributed by atoms with E-state index in [4.69, 9.17) is 5.84 Å². The number of hydrogen-bond acceptors (Lipinski definition) is 3. The van der Waals surface area contributed by atoms with Crippen molar-refractivity contribution in [2.45, 2.75) is 51.7 Å². The Morgan fingerprint density at radius 2 is 1.90 bits per heavy atom. The summed E-state index contributed by atoms with van der Waals surface area (Å²) in [6, 6.07) is 6.77. The van der Waals surface area contributed by atoms with Gasteiger partial charge in [0.15, 0.2) is 0 Å². The Hall–Kier alpha value is -1.20. The Kier molecular flexibility index (Phi) is 5.94. The Bertz CT molecular complexity index is 434. The maximum atomic E-state index is 12.5. The van der Waals surface area contributed by atoms with Crippen LogP contribution in [-0.4, -0.2) is 6.61 Å². The molecular formula is C16H24F2N2O. The van der Waals surface area contributed by atoms with Crippen molar-refractivity contribution in [1.82, 2.24) is 5.43 Å². The lowest BCUT2D eigenvalue weighted by atomic mass is 9.76. The molecule has 1 unspecified atom stereocenters. The van der Waals surface area contributed by atoms with Crippen molar-refractivity contribution < 1.29 is 13.5 Å². The largest absolute Gasteiger partial charge is 0.434 e. The van der Waals surface area contributed by atoms with Gasteiger partial charge in [-0.15, -0.1) is 0 Å². The van der Waals surface area contributed by atoms with Crippen LogP contribution in [0.25, 0.3) is 0 Å². The first-order chi connectivity index (χ1) is 10.2. The van der Waals surface area contributed by atoms with E-state index in [1.54, 1.807) is 12.1 Å². The topological polar surface area (TPSA) is 47.3 Å². The average molecular weight is 298 g/mol. The van der Waals surface area contributed by atoms with E-state index in [-0.39, 0.29) is 11.8 Å². The molecule has 1 saturated carbocycles. The number of ether oxygens (including phenoxy) is 1. The van der Waals surface area contributed by atoms with Crippen LogP contribution < -0.4 is 16.0 Å². The SMILES string of the molecule is CCC1CCC(C(NN)c2ccccc2OC(F)F)CC1. The molecule has 2 rings (SSSR count). The minimum absolute atomic E-state index is 0.141. The second kappa shape index (κ2) is 7.71. The standard InChI is InChI=1S/C16H24F2N2O/c1-2-11-7-9-12(10-8-11)15(20-19)13-5-3-4-6-14(13)21-16(17)18/h3-6,11-12,15-16,20H,2,7-10,19H2,1H3. The van der Waals surface area contributed by atoms with Crippen LogP contribution in [0, 0.1) is 11.8 Å². The van der Waals surface area contributed by atoms with E-state index >= 15 is 0 Å². The van der Waals surface area contributed by atoms with Crippen molar-refractivity contribution in [3.05, 3.63) is 29.8 Å². The van der Waals surface area contributed by atoms with Gasteiger partial charge >= 0.3 is 6.61 Å². The second-order valence-corrected chi connectivity index (χ2v) is 5.75.